The predicted octanol–water partition coefficient (Wildman–Crippen LogP) is 4.38. The molecule has 0 aliphatic heterocycles. The number of carboxylic acid groups (broad SMARTS) is 3. The highest BCUT2D eigenvalue weighted by Crippen LogP contribution is 2.22. The third-order valence-corrected chi connectivity index (χ3v) is 2.66. The van der Waals surface area contributed by atoms with Crippen LogP contribution in [0.15, 0.2) is 36.0 Å². The molecule has 0 rings (SSSR count). The van der Waals surface area contributed by atoms with Gasteiger partial charge in [0.25, 0.3) is 0 Å². The number of aliphatic carboxylic acids is 3. The molecule has 6 heteroatoms. The normalized spacial score (nSPS) is 11.6. The largest absolute Gasteiger partial charge is 0.478 e. The topological polar surface area (TPSA) is 112 Å². The van der Waals surface area contributed by atoms with Gasteiger partial charge in [0, 0.05) is 17.2 Å². The van der Waals surface area contributed by atoms with Gasteiger partial charge in [-0.15, -0.1) is 0 Å². The maximum absolute atomic E-state index is 10.2. The lowest BCUT2D eigenvalue weighted by atomic mass is 9.88. The molecule has 0 aliphatic carbocycles. The average molecular weight is 356 g/mol. The fourth-order valence-corrected chi connectivity index (χ4v) is 0.766. The summed E-state index contributed by atoms with van der Waals surface area (Å²) in [5.74, 6) is -2.64. The predicted molar refractivity (Wildman–Crippen MR) is 99.5 cm³/mol. The lowest BCUT2D eigenvalue weighted by Gasteiger charge is -2.17. The smallest absolute Gasteiger partial charge is 0.331 e. The Balaban J connectivity index is -0.000000293. The molecule has 0 atom stereocenters. The van der Waals surface area contributed by atoms with Crippen LogP contribution in [-0.4, -0.2) is 33.2 Å². The highest BCUT2D eigenvalue weighted by molar-refractivity contribution is 5.87. The monoisotopic (exact) mass is 356 g/mol. The van der Waals surface area contributed by atoms with Crippen LogP contribution in [-0.2, 0) is 14.4 Å². The zero-order valence-electron chi connectivity index (χ0n) is 16.5. The molecular weight excluding hydrogens is 324 g/mol. The van der Waals surface area contributed by atoms with Gasteiger partial charge in [0.1, 0.15) is 0 Å². The molecule has 0 heterocycles. The molecule has 0 saturated carbocycles. The standard InChI is InChI=1S/2C7H12O2.C5H8O2/c1-7(2,3)5-4-6(8)9;1-5(6(8)9)7(2,3)4;1-3-4(2)5(6)7/h4-5H,1-3H3,(H,8,9);1H2,2-4H3,(H,8,9);3H,1-2H3,(H,6,7). The van der Waals surface area contributed by atoms with Gasteiger partial charge in [-0.2, -0.15) is 0 Å². The summed E-state index contributed by atoms with van der Waals surface area (Å²) in [6, 6.07) is 0. The van der Waals surface area contributed by atoms with Crippen molar-refractivity contribution in [2.24, 2.45) is 10.8 Å². The summed E-state index contributed by atoms with van der Waals surface area (Å²) in [6.45, 7) is 18.0. The Kier molecular flexibility index (Phi) is 13.3. The number of carbonyl (C=O) groups is 3. The first kappa shape index (κ1) is 27.5. The molecule has 0 aromatic rings. The van der Waals surface area contributed by atoms with Gasteiger partial charge >= 0.3 is 17.9 Å². The van der Waals surface area contributed by atoms with E-state index in [0.717, 1.165) is 0 Å². The van der Waals surface area contributed by atoms with E-state index in [9.17, 15) is 14.4 Å². The summed E-state index contributed by atoms with van der Waals surface area (Å²) < 4.78 is 0. The van der Waals surface area contributed by atoms with Crippen molar-refractivity contribution in [1.82, 2.24) is 0 Å². The third-order valence-electron chi connectivity index (χ3n) is 2.66. The van der Waals surface area contributed by atoms with E-state index in [2.05, 4.69) is 6.58 Å². The molecule has 0 amide bonds. The van der Waals surface area contributed by atoms with E-state index >= 15 is 0 Å². The van der Waals surface area contributed by atoms with Crippen LogP contribution in [0.5, 0.6) is 0 Å². The number of rotatable bonds is 3. The summed E-state index contributed by atoms with van der Waals surface area (Å²) in [7, 11) is 0. The van der Waals surface area contributed by atoms with Crippen LogP contribution in [0.2, 0.25) is 0 Å². The third kappa shape index (κ3) is 21.6. The summed E-state index contributed by atoms with van der Waals surface area (Å²) >= 11 is 0. The van der Waals surface area contributed by atoms with Crippen molar-refractivity contribution in [3.63, 3.8) is 0 Å². The molecule has 0 fully saturated rings. The Morgan fingerprint density at radius 2 is 1.28 bits per heavy atom. The van der Waals surface area contributed by atoms with Crippen molar-refractivity contribution in [2.45, 2.75) is 55.4 Å². The number of carboxylic acids is 3. The second-order valence-electron chi connectivity index (χ2n) is 7.35. The summed E-state index contributed by atoms with van der Waals surface area (Å²) in [4.78, 5) is 30.1. The molecule has 0 aromatic heterocycles. The Morgan fingerprint density at radius 1 is 0.880 bits per heavy atom. The molecular formula is C19H32O6. The van der Waals surface area contributed by atoms with Crippen molar-refractivity contribution < 1.29 is 29.7 Å². The van der Waals surface area contributed by atoms with E-state index in [1.807, 2.05) is 41.5 Å². The van der Waals surface area contributed by atoms with E-state index in [0.29, 0.717) is 5.57 Å². The number of allylic oxidation sites excluding steroid dienone is 2. The van der Waals surface area contributed by atoms with E-state index in [-0.39, 0.29) is 16.4 Å². The average Bonchev–Trinajstić information content (AvgIpc) is 2.42. The van der Waals surface area contributed by atoms with Gasteiger partial charge in [0.2, 0.25) is 0 Å². The molecule has 0 saturated heterocycles. The fourth-order valence-electron chi connectivity index (χ4n) is 0.766. The van der Waals surface area contributed by atoms with E-state index in [1.54, 1.807) is 26.0 Å². The van der Waals surface area contributed by atoms with Crippen molar-refractivity contribution in [2.75, 3.05) is 0 Å². The first-order valence-corrected chi connectivity index (χ1v) is 7.66. The van der Waals surface area contributed by atoms with Gasteiger partial charge in [0.05, 0.1) is 0 Å². The molecule has 0 aromatic carbocycles. The first-order valence-electron chi connectivity index (χ1n) is 7.66. The van der Waals surface area contributed by atoms with Gasteiger partial charge < -0.3 is 15.3 Å². The molecule has 6 nitrogen and oxygen atoms in total. The van der Waals surface area contributed by atoms with Crippen LogP contribution in [0, 0.1) is 10.8 Å². The molecule has 0 bridgehead atoms. The van der Waals surface area contributed by atoms with Crippen LogP contribution in [0.4, 0.5) is 0 Å². The van der Waals surface area contributed by atoms with Gasteiger partial charge in [0.15, 0.2) is 0 Å². The van der Waals surface area contributed by atoms with Gasteiger partial charge in [-0.05, 0) is 24.7 Å². The van der Waals surface area contributed by atoms with E-state index < -0.39 is 17.9 Å². The van der Waals surface area contributed by atoms with Gasteiger partial charge in [-0.3, -0.25) is 0 Å². The van der Waals surface area contributed by atoms with Crippen LogP contribution >= 0.6 is 0 Å². The van der Waals surface area contributed by atoms with Crippen LogP contribution in [0.3, 0.4) is 0 Å². The Bertz CT molecular complexity index is 525. The van der Waals surface area contributed by atoms with Crippen LogP contribution in [0.1, 0.15) is 55.4 Å². The molecule has 144 valence electrons. The number of hydrogen-bond donors (Lipinski definition) is 3. The second-order valence-corrected chi connectivity index (χ2v) is 7.35. The molecule has 0 radical (unpaired) electrons. The fraction of sp³-hybridized carbons (Fsp3) is 0.526. The Labute approximate surface area is 150 Å². The SMILES string of the molecule is C=C(C(=O)O)C(C)(C)C.CC(C)(C)C=CC(=O)O.CC=C(C)C(=O)O. The highest BCUT2D eigenvalue weighted by atomic mass is 16.4. The summed E-state index contributed by atoms with van der Waals surface area (Å²) in [5, 5.41) is 24.7. The molecule has 3 N–H and O–H groups in total. The Morgan fingerprint density at radius 3 is 1.32 bits per heavy atom. The maximum Gasteiger partial charge on any atom is 0.331 e. The quantitative estimate of drug-likeness (QED) is 0.647. The van der Waals surface area contributed by atoms with E-state index in [4.69, 9.17) is 15.3 Å². The molecule has 0 aliphatic rings. The maximum atomic E-state index is 10.2. The zero-order chi connectivity index (χ0) is 21.0. The van der Waals surface area contributed by atoms with Gasteiger partial charge in [-0.25, -0.2) is 14.4 Å². The van der Waals surface area contributed by atoms with Crippen molar-refractivity contribution in [3.05, 3.63) is 36.0 Å². The Hall–Kier alpha value is -2.37. The number of hydrogen-bond acceptors (Lipinski definition) is 3. The lowest BCUT2D eigenvalue weighted by Crippen LogP contribution is -2.15. The molecule has 0 unspecified atom stereocenters. The minimum absolute atomic E-state index is 0.0294. The van der Waals surface area contributed by atoms with Crippen LogP contribution < -0.4 is 0 Å². The zero-order valence-corrected chi connectivity index (χ0v) is 16.5. The second kappa shape index (κ2) is 12.1. The minimum atomic E-state index is -0.914. The summed E-state index contributed by atoms with van der Waals surface area (Å²) in [5.41, 5.74) is 0.298. The summed E-state index contributed by atoms with van der Waals surface area (Å²) in [6.07, 6.45) is 4.39. The van der Waals surface area contributed by atoms with Crippen molar-refractivity contribution in [3.8, 4) is 0 Å². The minimum Gasteiger partial charge on any atom is -0.478 e. The van der Waals surface area contributed by atoms with Gasteiger partial charge in [-0.1, -0.05) is 60.3 Å². The lowest BCUT2D eigenvalue weighted by molar-refractivity contribution is -0.134. The molecule has 0 spiro atoms. The van der Waals surface area contributed by atoms with Crippen LogP contribution in [0.25, 0.3) is 0 Å². The van der Waals surface area contributed by atoms with Crippen molar-refractivity contribution in [1.29, 1.82) is 0 Å². The van der Waals surface area contributed by atoms with Crippen molar-refractivity contribution >= 4 is 17.9 Å². The van der Waals surface area contributed by atoms with E-state index in [1.165, 1.54) is 6.08 Å². The molecule has 25 heavy (non-hydrogen) atoms. The highest BCUT2D eigenvalue weighted by Gasteiger charge is 2.20. The first-order chi connectivity index (χ1) is 11.0.